The number of aromatic nitrogens is 1. The Hall–Kier alpha value is -6.62. The van der Waals surface area contributed by atoms with E-state index in [1.807, 2.05) is 11.3 Å². The molecule has 2 nitrogen and oxygen atoms in total. The predicted molar refractivity (Wildman–Crippen MR) is 284 cm³/mol. The molecule has 8 aromatic carbocycles. The lowest BCUT2D eigenvalue weighted by Crippen LogP contribution is -2.37. The minimum atomic E-state index is -0.121. The summed E-state index contributed by atoms with van der Waals surface area (Å²) in [6.45, 7) is 18.6. The summed E-state index contributed by atoms with van der Waals surface area (Å²) in [5.74, 6) is 0. The molecular formula is C61H53BN2S. The van der Waals surface area contributed by atoms with Gasteiger partial charge in [0.25, 0.3) is 0 Å². The molecule has 4 heteroatoms. The van der Waals surface area contributed by atoms with E-state index in [9.17, 15) is 0 Å². The lowest BCUT2D eigenvalue weighted by molar-refractivity contribution is 0.590. The number of anilines is 2. The largest absolute Gasteiger partial charge is 0.355 e. The van der Waals surface area contributed by atoms with Crippen LogP contribution >= 0.6 is 11.3 Å². The first-order valence-electron chi connectivity index (χ1n) is 23.2. The standard InChI is InChI=1S/C61H53BN2S/c1-59(2,3)38-23-26-40(27-24-38)63-51-30-25-39(60(4,5)6)31-45(51)42-28-29-43-46-32-44-41-21-15-16-22-48(41)61(7,8)49(44)34-52(46)64-53-33-47-54(35-50(53)62-56(42)57(43)64)65-58(37-19-13-10-14-20-37)55(47)36-17-11-9-12-18-36/h9-35,62-63H,1-8H3. The van der Waals surface area contributed by atoms with E-state index in [1.54, 1.807) is 0 Å². The van der Waals surface area contributed by atoms with E-state index in [0.717, 1.165) is 18.7 Å². The fourth-order valence-corrected chi connectivity index (χ4v) is 12.3. The van der Waals surface area contributed by atoms with Crippen molar-refractivity contribution in [2.45, 2.75) is 71.6 Å². The van der Waals surface area contributed by atoms with Crippen LogP contribution in [0.3, 0.4) is 0 Å². The van der Waals surface area contributed by atoms with Crippen molar-refractivity contribution in [1.82, 2.24) is 4.57 Å². The molecule has 65 heavy (non-hydrogen) atoms. The molecule has 1 aliphatic heterocycles. The molecule has 0 amide bonds. The van der Waals surface area contributed by atoms with E-state index < -0.39 is 0 Å². The number of nitrogens with zero attached hydrogens (tertiary/aromatic N) is 1. The Kier molecular flexibility index (Phi) is 8.72. The molecule has 0 bridgehead atoms. The van der Waals surface area contributed by atoms with Gasteiger partial charge < -0.3 is 9.88 Å². The summed E-state index contributed by atoms with van der Waals surface area (Å²) in [6, 6.07) is 62.1. The molecule has 1 aliphatic carbocycles. The van der Waals surface area contributed by atoms with Crippen LogP contribution in [0.1, 0.15) is 77.6 Å². The number of benzene rings is 8. The zero-order valence-corrected chi connectivity index (χ0v) is 39.5. The molecule has 0 unspecified atom stereocenters. The van der Waals surface area contributed by atoms with Crippen molar-refractivity contribution in [3.05, 3.63) is 186 Å². The highest BCUT2D eigenvalue weighted by Gasteiger charge is 2.37. The van der Waals surface area contributed by atoms with Gasteiger partial charge in [0.2, 0.25) is 0 Å². The van der Waals surface area contributed by atoms with Gasteiger partial charge in [-0.05, 0) is 115 Å². The minimum absolute atomic E-state index is 0.0220. The second-order valence-corrected chi connectivity index (χ2v) is 22.1. The van der Waals surface area contributed by atoms with Crippen LogP contribution in [-0.4, -0.2) is 11.8 Å². The van der Waals surface area contributed by atoms with Gasteiger partial charge >= 0.3 is 0 Å². The molecule has 2 aromatic heterocycles. The molecule has 0 atom stereocenters. The quantitative estimate of drug-likeness (QED) is 0.171. The van der Waals surface area contributed by atoms with Crippen molar-refractivity contribution in [3.63, 3.8) is 0 Å². The summed E-state index contributed by atoms with van der Waals surface area (Å²) in [5.41, 5.74) is 23.3. The fourth-order valence-electron chi connectivity index (χ4n) is 11.0. The van der Waals surface area contributed by atoms with Crippen LogP contribution in [0.25, 0.3) is 81.4 Å². The topological polar surface area (TPSA) is 17.0 Å². The second kappa shape index (κ2) is 14.2. The molecule has 10 aromatic rings. The molecule has 3 heterocycles. The van der Waals surface area contributed by atoms with E-state index in [1.165, 1.54) is 115 Å². The summed E-state index contributed by atoms with van der Waals surface area (Å²) < 4.78 is 3.98. The van der Waals surface area contributed by atoms with Crippen LogP contribution in [0.5, 0.6) is 0 Å². The maximum atomic E-state index is 3.91. The number of hydrogen-bond acceptors (Lipinski definition) is 2. The van der Waals surface area contributed by atoms with Crippen LogP contribution in [0.4, 0.5) is 11.4 Å². The lowest BCUT2D eigenvalue weighted by Gasteiger charge is -2.26. The van der Waals surface area contributed by atoms with E-state index in [4.69, 9.17) is 0 Å². The SMILES string of the molecule is CC(C)(C)c1ccc(Nc2ccc(C(C)(C)C)cc2-c2ccc3c4cc5c(cc4n4c3c2Bc2cc3sc(-c6ccccc6)c(-c6ccccc6)c3cc2-4)C(C)(C)c2ccccc2-5)cc1. The van der Waals surface area contributed by atoms with E-state index in [2.05, 4.69) is 229 Å². The van der Waals surface area contributed by atoms with Gasteiger partial charge in [-0.25, -0.2) is 0 Å². The van der Waals surface area contributed by atoms with Crippen LogP contribution < -0.4 is 16.2 Å². The molecule has 2 aliphatic rings. The van der Waals surface area contributed by atoms with Crippen molar-refractivity contribution in [2.24, 2.45) is 0 Å². The van der Waals surface area contributed by atoms with Crippen LogP contribution in [-0.2, 0) is 16.2 Å². The molecule has 316 valence electrons. The smallest absolute Gasteiger partial charge is 0.198 e. The van der Waals surface area contributed by atoms with Crippen molar-refractivity contribution < 1.29 is 0 Å². The zero-order chi connectivity index (χ0) is 44.6. The molecule has 0 saturated heterocycles. The number of fused-ring (bicyclic) bond motifs is 9. The highest BCUT2D eigenvalue weighted by atomic mass is 32.1. The monoisotopic (exact) mass is 856 g/mol. The third kappa shape index (κ3) is 6.21. The number of rotatable bonds is 5. The van der Waals surface area contributed by atoms with Gasteiger partial charge in [-0.15, -0.1) is 11.3 Å². The van der Waals surface area contributed by atoms with Crippen molar-refractivity contribution in [3.8, 4) is 49.5 Å². The van der Waals surface area contributed by atoms with Crippen LogP contribution in [0.15, 0.2) is 164 Å². The Labute approximate surface area is 387 Å². The Morgan fingerprint density at radius 2 is 1.22 bits per heavy atom. The third-order valence-corrected chi connectivity index (χ3v) is 15.7. The third-order valence-electron chi connectivity index (χ3n) is 14.5. The Morgan fingerprint density at radius 1 is 0.538 bits per heavy atom. The Balaban J connectivity index is 1.15. The van der Waals surface area contributed by atoms with Crippen molar-refractivity contribution in [2.75, 3.05) is 5.32 Å². The Morgan fingerprint density at radius 3 is 1.94 bits per heavy atom. The highest BCUT2D eigenvalue weighted by molar-refractivity contribution is 7.23. The van der Waals surface area contributed by atoms with E-state index in [0.29, 0.717) is 0 Å². The normalized spacial score (nSPS) is 13.8. The fraction of sp³-hybridized carbons (Fsp3) is 0.180. The number of thiophene rings is 1. The maximum absolute atomic E-state index is 3.91. The Bertz CT molecular complexity index is 3560. The van der Waals surface area contributed by atoms with Gasteiger partial charge in [-0.2, -0.15) is 0 Å². The molecule has 0 fully saturated rings. The van der Waals surface area contributed by atoms with E-state index >= 15 is 0 Å². The average molecular weight is 857 g/mol. The van der Waals surface area contributed by atoms with Gasteiger partial charge in [0.15, 0.2) is 7.28 Å². The highest BCUT2D eigenvalue weighted by Crippen LogP contribution is 2.52. The molecule has 1 N–H and O–H groups in total. The molecule has 0 saturated carbocycles. The van der Waals surface area contributed by atoms with Crippen LogP contribution in [0.2, 0.25) is 0 Å². The molecule has 12 rings (SSSR count). The predicted octanol–water partition coefficient (Wildman–Crippen LogP) is 15.3. The summed E-state index contributed by atoms with van der Waals surface area (Å²) in [5, 5.41) is 7.85. The van der Waals surface area contributed by atoms with Crippen LogP contribution in [0, 0.1) is 0 Å². The van der Waals surface area contributed by atoms with Gasteiger partial charge in [-0.3, -0.25) is 0 Å². The first-order valence-corrected chi connectivity index (χ1v) is 24.0. The average Bonchev–Trinajstić information content (AvgIpc) is 3.91. The van der Waals surface area contributed by atoms with Crippen molar-refractivity contribution in [1.29, 1.82) is 0 Å². The van der Waals surface area contributed by atoms with Gasteiger partial charge in [0.05, 0.1) is 5.52 Å². The summed E-state index contributed by atoms with van der Waals surface area (Å²) >= 11 is 1.93. The lowest BCUT2D eigenvalue weighted by atomic mass is 9.59. The summed E-state index contributed by atoms with van der Waals surface area (Å²) in [6.07, 6.45) is 0. The van der Waals surface area contributed by atoms with Gasteiger partial charge in [-0.1, -0.05) is 176 Å². The molecule has 0 radical (unpaired) electrons. The number of nitrogens with one attached hydrogen (secondary N) is 1. The number of hydrogen-bond donors (Lipinski definition) is 1. The maximum Gasteiger partial charge on any atom is 0.198 e. The van der Waals surface area contributed by atoms with Gasteiger partial charge in [0.1, 0.15) is 0 Å². The summed E-state index contributed by atoms with van der Waals surface area (Å²) in [7, 11) is 0.834. The van der Waals surface area contributed by atoms with Crippen molar-refractivity contribution >= 4 is 72.8 Å². The summed E-state index contributed by atoms with van der Waals surface area (Å²) in [4.78, 5) is 1.32. The first-order chi connectivity index (χ1) is 31.2. The molecular weight excluding hydrogens is 804 g/mol. The van der Waals surface area contributed by atoms with Gasteiger partial charge in [0, 0.05) is 64.9 Å². The van der Waals surface area contributed by atoms with E-state index in [-0.39, 0.29) is 16.2 Å². The first kappa shape index (κ1) is 39.9. The second-order valence-electron chi connectivity index (χ2n) is 21.1. The molecule has 0 spiro atoms. The minimum Gasteiger partial charge on any atom is -0.355 e. The zero-order valence-electron chi connectivity index (χ0n) is 38.7.